The second-order valence-electron chi connectivity index (χ2n) is 6.14. The van der Waals surface area contributed by atoms with Crippen LogP contribution >= 0.6 is 0 Å². The number of ether oxygens (including phenoxy) is 1. The van der Waals surface area contributed by atoms with Gasteiger partial charge in [0.1, 0.15) is 5.75 Å². The normalized spacial score (nSPS) is 25.8. The Morgan fingerprint density at radius 3 is 2.77 bits per heavy atom. The minimum Gasteiger partial charge on any atom is -0.466 e. The fraction of sp³-hybridized carbons (Fsp3) is 0.500. The van der Waals surface area contributed by atoms with Crippen LogP contribution in [0.2, 0.25) is 0 Å². The molecule has 0 bridgehead atoms. The third kappa shape index (κ3) is 2.66. The highest BCUT2D eigenvalue weighted by atomic mass is 16.5. The molecule has 1 aromatic rings. The van der Waals surface area contributed by atoms with E-state index in [1.807, 2.05) is 12.1 Å². The van der Waals surface area contributed by atoms with Crippen molar-refractivity contribution in [1.82, 2.24) is 10.2 Å². The molecule has 2 aliphatic heterocycles. The van der Waals surface area contributed by atoms with Crippen molar-refractivity contribution in [2.45, 2.75) is 31.4 Å². The summed E-state index contributed by atoms with van der Waals surface area (Å²) in [4.78, 5) is 27.1. The molecule has 22 heavy (non-hydrogen) atoms. The summed E-state index contributed by atoms with van der Waals surface area (Å²) in [5.74, 6) is -0.297. The third-order valence-electron chi connectivity index (χ3n) is 4.37. The molecule has 0 radical (unpaired) electrons. The summed E-state index contributed by atoms with van der Waals surface area (Å²) in [6.07, 6.45) is 1.77. The van der Waals surface area contributed by atoms with E-state index in [-0.39, 0.29) is 11.9 Å². The minimum absolute atomic E-state index is 0.0918. The highest BCUT2D eigenvalue weighted by Crippen LogP contribution is 2.33. The first-order valence-electron chi connectivity index (χ1n) is 7.58. The van der Waals surface area contributed by atoms with Crippen LogP contribution in [0.3, 0.4) is 0 Å². The lowest BCUT2D eigenvalue weighted by atomic mass is 9.99. The van der Waals surface area contributed by atoms with E-state index in [9.17, 15) is 9.59 Å². The van der Waals surface area contributed by atoms with Crippen molar-refractivity contribution >= 4 is 17.5 Å². The van der Waals surface area contributed by atoms with Crippen molar-refractivity contribution < 1.29 is 14.3 Å². The molecular formula is C16H21N3O3. The molecule has 118 valence electrons. The zero-order valence-corrected chi connectivity index (χ0v) is 12.9. The number of fused-ring (bicyclic) bond motifs is 1. The number of nitrogens with one attached hydrogen (secondary N) is 2. The molecule has 2 N–H and O–H groups in total. The van der Waals surface area contributed by atoms with Crippen LogP contribution in [0.15, 0.2) is 24.3 Å². The molecule has 3 rings (SSSR count). The Morgan fingerprint density at radius 1 is 1.36 bits per heavy atom. The van der Waals surface area contributed by atoms with E-state index in [4.69, 9.17) is 4.74 Å². The summed E-state index contributed by atoms with van der Waals surface area (Å²) in [5.41, 5.74) is -0.936. The second kappa shape index (κ2) is 5.61. The number of para-hydroxylation sites is 2. The molecule has 0 saturated carbocycles. The summed E-state index contributed by atoms with van der Waals surface area (Å²) in [6.45, 7) is 3.40. The molecule has 2 amide bonds. The van der Waals surface area contributed by atoms with E-state index in [0.29, 0.717) is 11.4 Å². The first kappa shape index (κ1) is 14.8. The van der Waals surface area contributed by atoms with Crippen LogP contribution in [-0.2, 0) is 9.59 Å². The van der Waals surface area contributed by atoms with Gasteiger partial charge in [-0.1, -0.05) is 12.1 Å². The number of piperidine rings is 1. The molecule has 1 aromatic carbocycles. The molecule has 0 aromatic heterocycles. The van der Waals surface area contributed by atoms with Crippen molar-refractivity contribution in [2.75, 3.05) is 25.5 Å². The van der Waals surface area contributed by atoms with Gasteiger partial charge in [0.15, 0.2) is 0 Å². The van der Waals surface area contributed by atoms with Crippen molar-refractivity contribution in [3.63, 3.8) is 0 Å². The molecule has 1 atom stereocenters. The van der Waals surface area contributed by atoms with Gasteiger partial charge in [-0.15, -0.1) is 0 Å². The van der Waals surface area contributed by atoms with Crippen molar-refractivity contribution in [3.8, 4) is 5.75 Å². The number of anilines is 1. The summed E-state index contributed by atoms with van der Waals surface area (Å²) < 4.78 is 5.72. The molecular weight excluding hydrogens is 282 g/mol. The van der Waals surface area contributed by atoms with Crippen LogP contribution in [0.1, 0.15) is 19.8 Å². The van der Waals surface area contributed by atoms with Gasteiger partial charge in [0.05, 0.1) is 5.69 Å². The highest BCUT2D eigenvalue weighted by Gasteiger charge is 2.47. The predicted molar refractivity (Wildman–Crippen MR) is 82.8 cm³/mol. The van der Waals surface area contributed by atoms with Crippen LogP contribution in [0.25, 0.3) is 0 Å². The molecule has 6 heteroatoms. The van der Waals surface area contributed by atoms with E-state index in [1.165, 1.54) is 6.92 Å². The molecule has 0 unspecified atom stereocenters. The average molecular weight is 303 g/mol. The van der Waals surface area contributed by atoms with Gasteiger partial charge in [0.25, 0.3) is 17.4 Å². The molecule has 0 aliphatic carbocycles. The van der Waals surface area contributed by atoms with Crippen LogP contribution in [0, 0.1) is 0 Å². The van der Waals surface area contributed by atoms with Crippen LogP contribution in [0.5, 0.6) is 5.75 Å². The summed E-state index contributed by atoms with van der Waals surface area (Å²) in [7, 11) is 2.06. The molecule has 0 spiro atoms. The summed E-state index contributed by atoms with van der Waals surface area (Å²) in [5, 5.41) is 5.70. The fourth-order valence-electron chi connectivity index (χ4n) is 2.79. The standard InChI is InChI=1S/C16H21N3O3/c1-16(14(20)17-11-7-9-19(2)10-8-11)15(21)18-12-5-3-4-6-13(12)22-16/h3-6,11H,7-10H2,1-2H3,(H,17,20)(H,18,21)/t16-/m1/s1. The van der Waals surface area contributed by atoms with Gasteiger partial charge >= 0.3 is 0 Å². The van der Waals surface area contributed by atoms with Crippen molar-refractivity contribution in [3.05, 3.63) is 24.3 Å². The number of amides is 2. The molecule has 6 nitrogen and oxygen atoms in total. The van der Waals surface area contributed by atoms with E-state index in [2.05, 4.69) is 22.6 Å². The Balaban J connectivity index is 1.72. The minimum atomic E-state index is -1.53. The molecule has 1 saturated heterocycles. The molecule has 2 aliphatic rings. The van der Waals surface area contributed by atoms with Crippen LogP contribution < -0.4 is 15.4 Å². The lowest BCUT2D eigenvalue weighted by Gasteiger charge is -2.36. The second-order valence-corrected chi connectivity index (χ2v) is 6.14. The van der Waals surface area contributed by atoms with Gasteiger partial charge in [-0.05, 0) is 52.0 Å². The Morgan fingerprint density at radius 2 is 2.05 bits per heavy atom. The zero-order chi connectivity index (χ0) is 15.7. The summed E-state index contributed by atoms with van der Waals surface area (Å²) in [6, 6.07) is 7.21. The predicted octanol–water partition coefficient (Wildman–Crippen LogP) is 0.987. The Bertz CT molecular complexity index is 596. The van der Waals surface area contributed by atoms with E-state index in [0.717, 1.165) is 25.9 Å². The van der Waals surface area contributed by atoms with Gasteiger partial charge in [-0.25, -0.2) is 0 Å². The smallest absolute Gasteiger partial charge is 0.278 e. The maximum atomic E-state index is 12.6. The van der Waals surface area contributed by atoms with Crippen molar-refractivity contribution in [2.24, 2.45) is 0 Å². The maximum Gasteiger partial charge on any atom is 0.278 e. The van der Waals surface area contributed by atoms with Crippen LogP contribution in [0.4, 0.5) is 5.69 Å². The first-order chi connectivity index (χ1) is 10.5. The Labute approximate surface area is 129 Å². The van der Waals surface area contributed by atoms with Gasteiger partial charge in [-0.2, -0.15) is 0 Å². The van der Waals surface area contributed by atoms with E-state index >= 15 is 0 Å². The zero-order valence-electron chi connectivity index (χ0n) is 12.9. The Hall–Kier alpha value is -2.08. The fourth-order valence-corrected chi connectivity index (χ4v) is 2.79. The van der Waals surface area contributed by atoms with E-state index in [1.54, 1.807) is 12.1 Å². The number of carbonyl (C=O) groups is 2. The summed E-state index contributed by atoms with van der Waals surface area (Å²) >= 11 is 0. The van der Waals surface area contributed by atoms with Gasteiger partial charge < -0.3 is 20.3 Å². The number of benzene rings is 1. The number of hydrogen-bond donors (Lipinski definition) is 2. The van der Waals surface area contributed by atoms with Crippen molar-refractivity contribution in [1.29, 1.82) is 0 Å². The monoisotopic (exact) mass is 303 g/mol. The lowest BCUT2D eigenvalue weighted by Crippen LogP contribution is -2.61. The largest absolute Gasteiger partial charge is 0.466 e. The first-order valence-corrected chi connectivity index (χ1v) is 7.58. The highest BCUT2D eigenvalue weighted by molar-refractivity contribution is 6.15. The third-order valence-corrected chi connectivity index (χ3v) is 4.37. The SMILES string of the molecule is CN1CCC(NC(=O)[C@@]2(C)Oc3ccccc3NC2=O)CC1. The molecule has 1 fully saturated rings. The quantitative estimate of drug-likeness (QED) is 0.799. The Kier molecular flexibility index (Phi) is 3.78. The number of nitrogens with zero attached hydrogens (tertiary/aromatic N) is 1. The lowest BCUT2D eigenvalue weighted by molar-refractivity contribution is -0.147. The number of likely N-dealkylation sites (tertiary alicyclic amines) is 1. The van der Waals surface area contributed by atoms with Crippen LogP contribution in [-0.4, -0.2) is 48.5 Å². The van der Waals surface area contributed by atoms with E-state index < -0.39 is 11.5 Å². The maximum absolute atomic E-state index is 12.6. The van der Waals surface area contributed by atoms with Gasteiger partial charge in [0.2, 0.25) is 0 Å². The number of hydrogen-bond acceptors (Lipinski definition) is 4. The number of carbonyl (C=O) groups excluding carboxylic acids is 2. The number of rotatable bonds is 2. The van der Waals surface area contributed by atoms with Gasteiger partial charge in [0, 0.05) is 6.04 Å². The van der Waals surface area contributed by atoms with Gasteiger partial charge in [-0.3, -0.25) is 9.59 Å². The molecule has 2 heterocycles. The topological polar surface area (TPSA) is 70.7 Å². The average Bonchev–Trinajstić information content (AvgIpc) is 2.50.